The number of non-ortho nitro benzene ring substituents is 1. The fourth-order valence-electron chi connectivity index (χ4n) is 1.96. The number of hydrogen-bond donors (Lipinski definition) is 1. The van der Waals surface area contributed by atoms with Crippen molar-refractivity contribution in [2.24, 2.45) is 0 Å². The molecule has 0 aromatic heterocycles. The summed E-state index contributed by atoms with van der Waals surface area (Å²) in [6, 6.07) is 11.0. The summed E-state index contributed by atoms with van der Waals surface area (Å²) in [5, 5.41) is 13.7. The second-order valence-electron chi connectivity index (χ2n) is 4.94. The Morgan fingerprint density at radius 2 is 1.88 bits per heavy atom. The molecular weight excluding hydrogens is 400 g/mol. The number of rotatable bonds is 7. The molecule has 0 amide bonds. The average molecular weight is 415 g/mol. The van der Waals surface area contributed by atoms with E-state index in [-0.39, 0.29) is 10.6 Å². The van der Waals surface area contributed by atoms with E-state index in [1.165, 1.54) is 12.1 Å². The van der Waals surface area contributed by atoms with Crippen molar-refractivity contribution in [2.75, 3.05) is 24.7 Å². The molecule has 0 bridgehead atoms. The summed E-state index contributed by atoms with van der Waals surface area (Å²) in [4.78, 5) is 10.1. The Bertz CT molecular complexity index is 837. The van der Waals surface area contributed by atoms with Gasteiger partial charge in [-0.1, -0.05) is 15.9 Å². The fourth-order valence-corrected chi connectivity index (χ4v) is 3.10. The maximum Gasteiger partial charge on any atom is 0.270 e. The fraction of sp³-hybridized carbons (Fsp3) is 0.200. The smallest absolute Gasteiger partial charge is 0.270 e. The molecule has 1 N–H and O–H groups in total. The second kappa shape index (κ2) is 7.63. The van der Waals surface area contributed by atoms with E-state index in [4.69, 9.17) is 4.74 Å². The van der Waals surface area contributed by atoms with Gasteiger partial charge in [-0.3, -0.25) is 10.1 Å². The molecule has 0 fully saturated rings. The van der Waals surface area contributed by atoms with Gasteiger partial charge in [0, 0.05) is 29.4 Å². The van der Waals surface area contributed by atoms with E-state index in [0.717, 1.165) is 16.8 Å². The molecule has 0 atom stereocenters. The van der Waals surface area contributed by atoms with Crippen molar-refractivity contribution in [3.63, 3.8) is 0 Å². The van der Waals surface area contributed by atoms with Crippen LogP contribution in [0, 0.1) is 10.1 Å². The molecule has 2 aromatic rings. The van der Waals surface area contributed by atoms with Gasteiger partial charge in [-0.2, -0.15) is 0 Å². The summed E-state index contributed by atoms with van der Waals surface area (Å²) >= 11 is 3.33. The minimum atomic E-state index is -3.60. The van der Waals surface area contributed by atoms with Gasteiger partial charge in [0.2, 0.25) is 0 Å². The predicted octanol–water partition coefficient (Wildman–Crippen LogP) is 3.25. The number of hydrogen-bond acceptors (Lipinski definition) is 6. The van der Waals surface area contributed by atoms with E-state index >= 15 is 0 Å². The molecule has 7 nitrogen and oxygen atoms in total. The van der Waals surface area contributed by atoms with Gasteiger partial charge in [0.15, 0.2) is 9.84 Å². The number of ether oxygens (including phenoxy) is 1. The summed E-state index contributed by atoms with van der Waals surface area (Å²) in [6.07, 6.45) is 1.01. The van der Waals surface area contributed by atoms with Crippen LogP contribution in [0.15, 0.2) is 51.8 Å². The lowest BCUT2D eigenvalue weighted by Gasteiger charge is -2.11. The zero-order valence-corrected chi connectivity index (χ0v) is 15.1. The number of nitro benzene ring substituents is 1. The first kappa shape index (κ1) is 18.2. The van der Waals surface area contributed by atoms with Gasteiger partial charge in [-0.15, -0.1) is 0 Å². The van der Waals surface area contributed by atoms with Crippen LogP contribution in [0.3, 0.4) is 0 Å². The summed E-state index contributed by atoms with van der Waals surface area (Å²) in [7, 11) is -3.60. The molecular formula is C15H15BrN2O5S. The number of benzene rings is 2. The minimum absolute atomic E-state index is 0.111. The molecule has 0 aliphatic rings. The van der Waals surface area contributed by atoms with E-state index in [9.17, 15) is 18.5 Å². The molecule has 24 heavy (non-hydrogen) atoms. The number of halogens is 1. The van der Waals surface area contributed by atoms with Crippen molar-refractivity contribution in [1.82, 2.24) is 0 Å². The largest absolute Gasteiger partial charge is 0.492 e. The van der Waals surface area contributed by atoms with Crippen LogP contribution in [0.4, 0.5) is 11.4 Å². The lowest BCUT2D eigenvalue weighted by Crippen LogP contribution is -2.14. The standard InChI is InChI=1S/C15H15BrN2O5S/c1-24(21,22)15-10-12(18(19)20)4-7-14(15)17-8-9-23-13-5-2-11(16)3-6-13/h2-7,10,17H,8-9H2,1H3. The SMILES string of the molecule is CS(=O)(=O)c1cc([N+](=O)[O-])ccc1NCCOc1ccc(Br)cc1. The van der Waals surface area contributed by atoms with Crippen LogP contribution in [0.25, 0.3) is 0 Å². The van der Waals surface area contributed by atoms with Gasteiger partial charge < -0.3 is 10.1 Å². The molecule has 2 aromatic carbocycles. The third kappa shape index (κ3) is 4.93. The molecule has 0 heterocycles. The highest BCUT2D eigenvalue weighted by Crippen LogP contribution is 2.26. The Hall–Kier alpha value is -2.13. The highest BCUT2D eigenvalue weighted by molar-refractivity contribution is 9.10. The summed E-state index contributed by atoms with van der Waals surface area (Å²) in [6.45, 7) is 0.651. The van der Waals surface area contributed by atoms with Crippen LogP contribution in [-0.4, -0.2) is 32.7 Å². The molecule has 0 saturated heterocycles. The number of sulfone groups is 1. The first-order valence-electron chi connectivity index (χ1n) is 6.88. The van der Waals surface area contributed by atoms with Crippen molar-refractivity contribution >= 4 is 37.1 Å². The van der Waals surface area contributed by atoms with Gasteiger partial charge in [0.1, 0.15) is 12.4 Å². The molecule has 9 heteroatoms. The van der Waals surface area contributed by atoms with Gasteiger partial charge in [0.25, 0.3) is 5.69 Å². The molecule has 0 spiro atoms. The van der Waals surface area contributed by atoms with Gasteiger partial charge in [0.05, 0.1) is 15.5 Å². The van der Waals surface area contributed by atoms with Crippen LogP contribution in [0.1, 0.15) is 0 Å². The quantitative estimate of drug-likeness (QED) is 0.424. The maximum absolute atomic E-state index is 11.8. The highest BCUT2D eigenvalue weighted by atomic mass is 79.9. The van der Waals surface area contributed by atoms with Gasteiger partial charge in [-0.25, -0.2) is 8.42 Å². The van der Waals surface area contributed by atoms with Crippen molar-refractivity contribution in [3.8, 4) is 5.75 Å². The lowest BCUT2D eigenvalue weighted by atomic mass is 10.3. The molecule has 0 aliphatic carbocycles. The third-order valence-corrected chi connectivity index (χ3v) is 4.74. The van der Waals surface area contributed by atoms with Crippen molar-refractivity contribution < 1.29 is 18.1 Å². The Kier molecular flexibility index (Phi) is 5.79. The molecule has 0 radical (unpaired) electrons. The van der Waals surface area contributed by atoms with Crippen LogP contribution in [-0.2, 0) is 9.84 Å². The Labute approximate surface area is 147 Å². The second-order valence-corrected chi connectivity index (χ2v) is 7.84. The first-order valence-corrected chi connectivity index (χ1v) is 9.56. The van der Waals surface area contributed by atoms with Crippen LogP contribution in [0.2, 0.25) is 0 Å². The van der Waals surface area contributed by atoms with Crippen LogP contribution < -0.4 is 10.1 Å². The van der Waals surface area contributed by atoms with Crippen molar-refractivity contribution in [2.45, 2.75) is 4.90 Å². The topological polar surface area (TPSA) is 98.5 Å². The molecule has 128 valence electrons. The molecule has 0 aliphatic heterocycles. The van der Waals surface area contributed by atoms with Crippen LogP contribution >= 0.6 is 15.9 Å². The number of anilines is 1. The van der Waals surface area contributed by atoms with E-state index in [0.29, 0.717) is 24.6 Å². The summed E-state index contributed by atoms with van der Waals surface area (Å²) in [5.74, 6) is 0.687. The zero-order valence-electron chi connectivity index (χ0n) is 12.7. The monoisotopic (exact) mass is 414 g/mol. The summed E-state index contributed by atoms with van der Waals surface area (Å²) in [5.41, 5.74) is 0.0367. The van der Waals surface area contributed by atoms with Crippen molar-refractivity contribution in [3.05, 3.63) is 57.1 Å². The van der Waals surface area contributed by atoms with E-state index in [1.54, 1.807) is 12.1 Å². The Morgan fingerprint density at radius 3 is 2.46 bits per heavy atom. The van der Waals surface area contributed by atoms with E-state index < -0.39 is 14.8 Å². The number of nitro groups is 1. The number of nitrogens with zero attached hydrogens (tertiary/aromatic N) is 1. The summed E-state index contributed by atoms with van der Waals surface area (Å²) < 4.78 is 30.1. The van der Waals surface area contributed by atoms with Crippen molar-refractivity contribution in [1.29, 1.82) is 0 Å². The number of nitrogens with one attached hydrogen (secondary N) is 1. The molecule has 0 saturated carbocycles. The van der Waals surface area contributed by atoms with Gasteiger partial charge in [-0.05, 0) is 30.3 Å². The molecule has 2 rings (SSSR count). The van der Waals surface area contributed by atoms with E-state index in [1.807, 2.05) is 12.1 Å². The van der Waals surface area contributed by atoms with E-state index in [2.05, 4.69) is 21.2 Å². The average Bonchev–Trinajstić information content (AvgIpc) is 2.52. The normalized spacial score (nSPS) is 11.1. The Balaban J connectivity index is 2.04. The lowest BCUT2D eigenvalue weighted by molar-refractivity contribution is -0.385. The highest BCUT2D eigenvalue weighted by Gasteiger charge is 2.18. The zero-order chi connectivity index (χ0) is 17.7. The Morgan fingerprint density at radius 1 is 1.21 bits per heavy atom. The third-order valence-electron chi connectivity index (χ3n) is 3.08. The first-order chi connectivity index (χ1) is 11.3. The minimum Gasteiger partial charge on any atom is -0.492 e. The van der Waals surface area contributed by atoms with Crippen LogP contribution in [0.5, 0.6) is 5.75 Å². The van der Waals surface area contributed by atoms with Gasteiger partial charge >= 0.3 is 0 Å². The maximum atomic E-state index is 11.8. The molecule has 0 unspecified atom stereocenters. The predicted molar refractivity (Wildman–Crippen MR) is 94.3 cm³/mol.